The Bertz CT molecular complexity index is 5250. The van der Waals surface area contributed by atoms with Crippen molar-refractivity contribution in [2.45, 2.75) is 12.8 Å². The predicted octanol–water partition coefficient (Wildman–Crippen LogP) is 1.55. The number of ether oxygens (including phenoxy) is 10. The fourth-order valence-electron chi connectivity index (χ4n) is 14.6. The third kappa shape index (κ3) is 33.7. The Kier molecular flexibility index (Phi) is 41.4. The summed E-state index contributed by atoms with van der Waals surface area (Å²) in [5.41, 5.74) is 16.6. The summed E-state index contributed by atoms with van der Waals surface area (Å²) in [6.45, 7) is 10.2. The van der Waals surface area contributed by atoms with Crippen LogP contribution in [0.15, 0.2) is 109 Å². The first-order valence-electron chi connectivity index (χ1n) is 46.0. The van der Waals surface area contributed by atoms with Gasteiger partial charge in [-0.1, -0.05) is 0 Å². The van der Waals surface area contributed by atoms with E-state index in [9.17, 15) is 53.4 Å². The number of rotatable bonds is 60. The first-order chi connectivity index (χ1) is 66.7. The normalized spacial score (nSPS) is 13.0. The van der Waals surface area contributed by atoms with Crippen LogP contribution in [-0.4, -0.2) is 395 Å². The number of H-pyrrole nitrogens is 4. The van der Waals surface area contributed by atoms with Crippen molar-refractivity contribution < 1.29 is 101 Å². The summed E-state index contributed by atoms with van der Waals surface area (Å²) in [5, 5.41) is 44.5. The van der Waals surface area contributed by atoms with Crippen LogP contribution in [0.3, 0.4) is 0 Å². The number of carbonyl (C=O) groups excluding carboxylic acids is 9. The molecule has 6 aromatic carbocycles. The number of likely N-dealkylation sites (N-methyl/N-ethyl adjacent to an activating group) is 2. The van der Waals surface area contributed by atoms with Gasteiger partial charge in [-0.2, -0.15) is 0 Å². The van der Waals surface area contributed by atoms with Gasteiger partial charge in [0.05, 0.1) is 150 Å². The number of urea groups is 1. The number of nitrogens with one attached hydrogen (secondary N) is 13. The van der Waals surface area contributed by atoms with Crippen molar-refractivity contribution in [3.05, 3.63) is 120 Å². The first-order valence-corrected chi connectivity index (χ1v) is 46.0. The summed E-state index contributed by atoms with van der Waals surface area (Å²) in [7, 11) is 4.16. The topological polar surface area (TPSA) is 552 Å². The second-order valence-electron chi connectivity index (χ2n) is 32.3. The molecule has 2 aliphatic rings. The summed E-state index contributed by atoms with van der Waals surface area (Å²) in [5.74, 6) is -0.320. The van der Waals surface area contributed by atoms with E-state index in [4.69, 9.17) is 73.0 Å². The smallest absolute Gasteiger partial charge is 0.317 e. The molecule has 0 radical (unpaired) electrons. The highest BCUT2D eigenvalue weighted by molar-refractivity contribution is 6.08. The van der Waals surface area contributed by atoms with E-state index in [1.165, 1.54) is 4.90 Å². The van der Waals surface area contributed by atoms with Crippen LogP contribution in [-0.2, 0) is 76.1 Å². The molecule has 738 valence electrons. The van der Waals surface area contributed by atoms with E-state index in [0.29, 0.717) is 96.0 Å². The average molecular weight is 1900 g/mol. The van der Waals surface area contributed by atoms with E-state index in [0.717, 1.165) is 108 Å². The maximum Gasteiger partial charge on any atom is 0.317 e. The second-order valence-corrected chi connectivity index (χ2v) is 32.3. The van der Waals surface area contributed by atoms with Crippen LogP contribution < -0.4 is 63.4 Å². The number of amides is 10. The van der Waals surface area contributed by atoms with Crippen LogP contribution in [0.5, 0.6) is 11.5 Å². The Hall–Kier alpha value is -13.1. The number of imidazole rings is 4. The third-order valence-electron chi connectivity index (χ3n) is 22.0. The molecule has 0 spiro atoms. The van der Waals surface area contributed by atoms with Gasteiger partial charge in [0.15, 0.2) is 0 Å². The molecule has 4 aromatic heterocycles. The number of anilines is 2. The number of piperazine rings is 2. The molecular weight excluding hydrogens is 1780 g/mol. The zero-order valence-corrected chi connectivity index (χ0v) is 77.3. The number of phenols is 2. The van der Waals surface area contributed by atoms with E-state index in [1.54, 1.807) is 48.5 Å². The minimum absolute atomic E-state index is 0.0115. The van der Waals surface area contributed by atoms with Crippen molar-refractivity contribution in [2.24, 2.45) is 5.73 Å². The minimum Gasteiger partial charge on any atom is -0.508 e. The molecule has 0 unspecified atom stereocenters. The highest BCUT2D eigenvalue weighted by Gasteiger charge is 2.26. The zero-order valence-electron chi connectivity index (χ0n) is 77.3. The summed E-state index contributed by atoms with van der Waals surface area (Å²) in [6.07, 6.45) is -0.184. The third-order valence-corrected chi connectivity index (χ3v) is 22.0. The van der Waals surface area contributed by atoms with Crippen LogP contribution in [0, 0.1) is 0 Å². The maximum atomic E-state index is 14.0. The van der Waals surface area contributed by atoms with Crippen molar-refractivity contribution in [3.8, 4) is 57.1 Å². The van der Waals surface area contributed by atoms with E-state index in [-0.39, 0.29) is 219 Å². The fraction of sp³-hybridized carbons (Fsp3) is 0.473. The van der Waals surface area contributed by atoms with E-state index in [2.05, 4.69) is 101 Å². The Morgan fingerprint density at radius 3 is 1.02 bits per heavy atom. The van der Waals surface area contributed by atoms with Gasteiger partial charge in [0.1, 0.15) is 72.3 Å². The van der Waals surface area contributed by atoms with E-state index < -0.39 is 29.7 Å². The quantitative estimate of drug-likeness (QED) is 0.0240. The number of phenolic OH excluding ortho intramolecular Hbond substituents is 2. The number of aromatic nitrogens is 8. The monoisotopic (exact) mass is 1900 g/mol. The number of hydrogen-bond donors (Lipinski definition) is 16. The maximum absolute atomic E-state index is 14.0. The van der Waals surface area contributed by atoms with Gasteiger partial charge in [0.2, 0.25) is 35.4 Å². The highest BCUT2D eigenvalue weighted by Crippen LogP contribution is 2.34. The summed E-state index contributed by atoms with van der Waals surface area (Å²) < 4.78 is 54.9. The molecule has 12 rings (SSSR count). The molecule has 6 heterocycles. The van der Waals surface area contributed by atoms with Crippen molar-refractivity contribution in [1.29, 1.82) is 0 Å². The number of benzene rings is 6. The van der Waals surface area contributed by atoms with Crippen LogP contribution in [0.1, 0.15) is 33.6 Å². The van der Waals surface area contributed by atoms with Gasteiger partial charge < -0.3 is 156 Å². The molecule has 0 aliphatic carbocycles. The van der Waals surface area contributed by atoms with Gasteiger partial charge in [0.25, 0.3) is 11.8 Å². The van der Waals surface area contributed by atoms with Crippen molar-refractivity contribution >= 4 is 109 Å². The van der Waals surface area contributed by atoms with Gasteiger partial charge in [-0.3, -0.25) is 38.4 Å². The summed E-state index contributed by atoms with van der Waals surface area (Å²) in [6, 6.07) is 32.4. The molecule has 0 atom stereocenters. The fourth-order valence-corrected chi connectivity index (χ4v) is 14.6. The lowest BCUT2D eigenvalue weighted by atomic mass is 10.1. The number of fused-ring (bicyclic) bond motifs is 4. The first kappa shape index (κ1) is 103. The Morgan fingerprint density at radius 1 is 0.336 bits per heavy atom. The lowest BCUT2D eigenvalue weighted by molar-refractivity contribution is -0.127. The number of aromatic amines is 4. The molecule has 0 bridgehead atoms. The molecule has 44 heteroatoms. The van der Waals surface area contributed by atoms with Gasteiger partial charge in [0, 0.05) is 177 Å². The Labute approximate surface area is 791 Å². The van der Waals surface area contributed by atoms with Crippen LogP contribution in [0.2, 0.25) is 0 Å². The molecular formula is C93H125N23O21. The predicted molar refractivity (Wildman–Crippen MR) is 510 cm³/mol. The molecule has 10 amide bonds. The zero-order chi connectivity index (χ0) is 96.3. The highest BCUT2D eigenvalue weighted by atomic mass is 16.5. The minimum atomic E-state index is -0.527. The molecule has 137 heavy (non-hydrogen) atoms. The van der Waals surface area contributed by atoms with Crippen LogP contribution in [0.25, 0.3) is 89.7 Å². The molecule has 44 nitrogen and oxygen atoms in total. The number of aromatic hydroxyl groups is 2. The summed E-state index contributed by atoms with van der Waals surface area (Å²) in [4.78, 5) is 161. The second kappa shape index (κ2) is 55.2. The lowest BCUT2D eigenvalue weighted by Gasteiger charge is -2.34. The van der Waals surface area contributed by atoms with Gasteiger partial charge in [-0.25, -0.2) is 24.7 Å². The van der Waals surface area contributed by atoms with Gasteiger partial charge in [-0.15, -0.1) is 0 Å². The summed E-state index contributed by atoms with van der Waals surface area (Å²) >= 11 is 0. The van der Waals surface area contributed by atoms with Crippen molar-refractivity contribution in [2.75, 3.05) is 287 Å². The molecule has 2 fully saturated rings. The Morgan fingerprint density at radius 2 is 0.650 bits per heavy atom. The SMILES string of the molecule is CN1CCN(c2cc(C(=O)NCCOCCOCC(=O)NCCC(=O)NCCN(CCNC(=O)CCNC(=O)COCCOCCNC(=O)c3cc(N4CCN(C)CC4)cc4[nH]c(-c5ccc6[nH]c(-c7ccc(O)cc7)nc6c5)nc34)C(=O)NCCOCCOCC(=O)NCCOCCOCC(=O)NCCOCCOCCN)c3nc(-c4ccc5[nH]c(-c6ccc(O)cc6)nc5c4)[nH]c3c2)CC1. The van der Waals surface area contributed by atoms with E-state index in [1.807, 2.05) is 60.7 Å². The standard InChI is InChI=1S/C93H125N23O21/c1-112-29-33-114(34-30-112)67-55-71(85-77(57-67)108-89(110-85)65-7-13-73-75(53-65)106-87(104-73)63-3-9-69(117)10-4-63)91(125)101-24-40-131-46-50-134-59-81(121)95-18-15-79(119)97-20-27-116(93(127)103-26-42-133-48-52-137-62-84(124)100-23-39-130-45-49-136-61-83(123)99-22-38-129-44-43-128-37-17-94)28-21-98-80(120)16-19-96-82(122)60-135-51-47-132-41-25-102-92(126)72-56-68(115-35-31-113(2)32-36-115)58-78-86(72)111-90(109-78)66-8-14-74-76(54-66)107-88(105-74)64-5-11-70(118)12-6-64/h3-14,53-58,117-118H,15-52,59-62,94H2,1-2H3,(H,95,121)(H,96,122)(H,97,119)(H,98,120)(H,99,123)(H,100,124)(H,101,125)(H,102,126)(H,103,127)(H,104,106)(H,105,107)(H,108,110)(H,109,111). The number of hydrogen-bond acceptors (Lipinski definition) is 30. The molecule has 0 saturated carbocycles. The average Bonchev–Trinajstić information content (AvgIpc) is 1.63. The lowest BCUT2D eigenvalue weighted by Crippen LogP contribution is -2.48. The van der Waals surface area contributed by atoms with Crippen LogP contribution >= 0.6 is 0 Å². The van der Waals surface area contributed by atoms with Gasteiger partial charge in [-0.05, 0) is 123 Å². The molecule has 10 aromatic rings. The Balaban J connectivity index is 0.520. The molecule has 2 aliphatic heterocycles. The molecule has 2 saturated heterocycles. The number of nitrogens with two attached hydrogens (primary N) is 1. The van der Waals surface area contributed by atoms with Crippen molar-refractivity contribution in [1.82, 2.24) is 102 Å². The van der Waals surface area contributed by atoms with Crippen molar-refractivity contribution in [3.63, 3.8) is 0 Å². The van der Waals surface area contributed by atoms with Crippen LogP contribution in [0.4, 0.5) is 16.2 Å². The number of nitrogens with zero attached hydrogens (tertiary/aromatic N) is 9. The number of carbonyl (C=O) groups is 9. The van der Waals surface area contributed by atoms with E-state index >= 15 is 0 Å². The van der Waals surface area contributed by atoms with Gasteiger partial charge >= 0.3 is 6.03 Å². The molecule has 17 N–H and O–H groups in total. The largest absolute Gasteiger partial charge is 0.508 e.